The van der Waals surface area contributed by atoms with E-state index in [0.29, 0.717) is 13.1 Å². The van der Waals surface area contributed by atoms with E-state index in [0.717, 1.165) is 18.9 Å². The van der Waals surface area contributed by atoms with Gasteiger partial charge in [-0.2, -0.15) is 4.31 Å². The summed E-state index contributed by atoms with van der Waals surface area (Å²) in [4.78, 5) is 10.7. The van der Waals surface area contributed by atoms with Crippen LogP contribution in [0.1, 0.15) is 30.1 Å². The molecule has 5 nitrogen and oxygen atoms in total. The van der Waals surface area contributed by atoms with E-state index in [9.17, 15) is 18.3 Å². The molecule has 1 atom stereocenters. The number of piperidine rings is 1. The fraction of sp³-hybridized carbons (Fsp3) is 0.462. The number of nitrogens with zero attached hydrogens (tertiary/aromatic N) is 1. The minimum Gasteiger partial charge on any atom is -0.545 e. The molecule has 20 heavy (non-hydrogen) atoms. The Morgan fingerprint density at radius 1 is 1.45 bits per heavy atom. The Labute approximate surface area is 123 Å². The molecule has 7 heteroatoms. The fourth-order valence-corrected chi connectivity index (χ4v) is 4.43. The van der Waals surface area contributed by atoms with Gasteiger partial charge >= 0.3 is 0 Å². The third-order valence-electron chi connectivity index (χ3n) is 3.40. The van der Waals surface area contributed by atoms with E-state index >= 15 is 0 Å². The second kappa shape index (κ2) is 5.71. The topological polar surface area (TPSA) is 77.5 Å². The molecule has 0 amide bonds. The maximum atomic E-state index is 12.6. The lowest BCUT2D eigenvalue weighted by atomic mass is 10.0. The van der Waals surface area contributed by atoms with Crippen molar-refractivity contribution in [3.05, 3.63) is 28.8 Å². The van der Waals surface area contributed by atoms with Crippen molar-refractivity contribution in [2.24, 2.45) is 5.92 Å². The van der Waals surface area contributed by atoms with Crippen molar-refractivity contribution in [2.75, 3.05) is 13.1 Å². The average Bonchev–Trinajstić information content (AvgIpc) is 2.38. The Morgan fingerprint density at radius 3 is 2.75 bits per heavy atom. The summed E-state index contributed by atoms with van der Waals surface area (Å²) in [6.07, 6.45) is 1.77. The average molecular weight is 317 g/mol. The smallest absolute Gasteiger partial charge is 0.244 e. The van der Waals surface area contributed by atoms with Crippen molar-refractivity contribution >= 4 is 27.6 Å². The van der Waals surface area contributed by atoms with E-state index in [4.69, 9.17) is 11.6 Å². The monoisotopic (exact) mass is 316 g/mol. The van der Waals surface area contributed by atoms with Gasteiger partial charge in [-0.1, -0.05) is 24.6 Å². The molecule has 1 aliphatic rings. The van der Waals surface area contributed by atoms with Gasteiger partial charge in [0, 0.05) is 13.1 Å². The van der Waals surface area contributed by atoms with Gasteiger partial charge in [-0.3, -0.25) is 0 Å². The van der Waals surface area contributed by atoms with Crippen molar-refractivity contribution in [3.8, 4) is 0 Å². The molecule has 0 saturated carbocycles. The fourth-order valence-electron chi connectivity index (χ4n) is 2.33. The summed E-state index contributed by atoms with van der Waals surface area (Å²) in [5.41, 5.74) is -0.196. The lowest BCUT2D eigenvalue weighted by Crippen LogP contribution is -2.39. The van der Waals surface area contributed by atoms with Crippen molar-refractivity contribution in [1.29, 1.82) is 0 Å². The maximum absolute atomic E-state index is 12.6. The second-order valence-corrected chi connectivity index (χ2v) is 7.36. The van der Waals surface area contributed by atoms with Gasteiger partial charge in [0.25, 0.3) is 0 Å². The summed E-state index contributed by atoms with van der Waals surface area (Å²) in [7, 11) is -3.77. The summed E-state index contributed by atoms with van der Waals surface area (Å²) in [5.74, 6) is -1.15. The van der Waals surface area contributed by atoms with E-state index in [1.807, 2.05) is 6.92 Å². The predicted molar refractivity (Wildman–Crippen MR) is 72.9 cm³/mol. The van der Waals surface area contributed by atoms with Crippen LogP contribution in [0, 0.1) is 5.92 Å². The van der Waals surface area contributed by atoms with E-state index in [-0.39, 0.29) is 21.4 Å². The predicted octanol–water partition coefficient (Wildman–Crippen LogP) is 1.12. The molecule has 0 spiro atoms. The SMILES string of the molecule is C[C@@H]1CCCN(S(=O)(=O)c2cc(C(=O)[O-])ccc2Cl)C1. The van der Waals surface area contributed by atoms with E-state index in [2.05, 4.69) is 0 Å². The molecule has 1 saturated heterocycles. The number of carboxylic acid groups (broad SMARTS) is 1. The van der Waals surface area contributed by atoms with Gasteiger partial charge in [0.15, 0.2) is 0 Å². The molecule has 0 bridgehead atoms. The van der Waals surface area contributed by atoms with Crippen LogP contribution < -0.4 is 5.11 Å². The van der Waals surface area contributed by atoms with E-state index in [1.165, 1.54) is 16.4 Å². The molecule has 0 N–H and O–H groups in total. The molecule has 1 aromatic rings. The number of hydrogen-bond acceptors (Lipinski definition) is 4. The summed E-state index contributed by atoms with van der Waals surface area (Å²) in [5, 5.41) is 10.9. The number of carboxylic acids is 1. The van der Waals surface area contributed by atoms with Gasteiger partial charge in [-0.15, -0.1) is 0 Å². The van der Waals surface area contributed by atoms with Crippen LogP contribution in [0.5, 0.6) is 0 Å². The number of hydrogen-bond donors (Lipinski definition) is 0. The van der Waals surface area contributed by atoms with Crippen molar-refractivity contribution in [1.82, 2.24) is 4.31 Å². The number of carbonyl (C=O) groups excluding carboxylic acids is 1. The molecule has 0 radical (unpaired) electrons. The standard InChI is InChI=1S/C13H16ClNO4S/c1-9-3-2-6-15(8-9)20(18,19)12-7-10(13(16)17)4-5-11(12)14/h4-5,7,9H,2-3,6,8H2,1H3,(H,16,17)/p-1/t9-/m1/s1. The Morgan fingerprint density at radius 2 is 2.15 bits per heavy atom. The van der Waals surface area contributed by atoms with Gasteiger partial charge in [0.05, 0.1) is 11.0 Å². The van der Waals surface area contributed by atoms with Gasteiger partial charge < -0.3 is 9.90 Å². The molecule has 1 aromatic carbocycles. The van der Waals surface area contributed by atoms with Gasteiger partial charge in [-0.05, 0) is 36.5 Å². The van der Waals surface area contributed by atoms with Crippen molar-refractivity contribution in [3.63, 3.8) is 0 Å². The molecule has 110 valence electrons. The highest BCUT2D eigenvalue weighted by Gasteiger charge is 2.30. The largest absolute Gasteiger partial charge is 0.545 e. The second-order valence-electron chi connectivity index (χ2n) is 5.04. The summed E-state index contributed by atoms with van der Waals surface area (Å²) in [6.45, 7) is 2.84. The molecule has 1 fully saturated rings. The first-order valence-corrected chi connectivity index (χ1v) is 8.15. The number of halogens is 1. The van der Waals surface area contributed by atoms with E-state index < -0.39 is 16.0 Å². The van der Waals surface area contributed by atoms with Crippen LogP contribution in [0.15, 0.2) is 23.1 Å². The molecule has 0 aromatic heterocycles. The highest BCUT2D eigenvalue weighted by atomic mass is 35.5. The lowest BCUT2D eigenvalue weighted by Gasteiger charge is -2.30. The number of aromatic carboxylic acids is 1. The Kier molecular flexibility index (Phi) is 4.36. The first-order chi connectivity index (χ1) is 9.32. The van der Waals surface area contributed by atoms with Crippen LogP contribution in [0.3, 0.4) is 0 Å². The third-order valence-corrected chi connectivity index (χ3v) is 5.75. The highest BCUT2D eigenvalue weighted by molar-refractivity contribution is 7.89. The number of rotatable bonds is 3. The van der Waals surface area contributed by atoms with Crippen LogP contribution in [0.2, 0.25) is 5.02 Å². The summed E-state index contributed by atoms with van der Waals surface area (Å²) < 4.78 is 26.5. The molecule has 2 rings (SSSR count). The van der Waals surface area contributed by atoms with Crippen molar-refractivity contribution < 1.29 is 18.3 Å². The van der Waals surface area contributed by atoms with Crippen LogP contribution in [0.4, 0.5) is 0 Å². The number of sulfonamides is 1. The first-order valence-electron chi connectivity index (χ1n) is 6.33. The Hall–Kier alpha value is -1.11. The van der Waals surface area contributed by atoms with Gasteiger partial charge in [-0.25, -0.2) is 8.42 Å². The maximum Gasteiger partial charge on any atom is 0.244 e. The van der Waals surface area contributed by atoms with Crippen molar-refractivity contribution in [2.45, 2.75) is 24.7 Å². The van der Waals surface area contributed by atoms with Crippen LogP contribution >= 0.6 is 11.6 Å². The Bertz CT molecular complexity index is 629. The van der Waals surface area contributed by atoms with Crippen LogP contribution in [0.25, 0.3) is 0 Å². The first kappa shape index (κ1) is 15.3. The molecular formula is C13H15ClNO4S-. The van der Waals surface area contributed by atoms with Gasteiger partial charge in [0.1, 0.15) is 4.90 Å². The normalized spacial score (nSPS) is 20.8. The third kappa shape index (κ3) is 2.97. The molecule has 1 heterocycles. The quantitative estimate of drug-likeness (QED) is 0.837. The molecule has 1 aliphatic heterocycles. The minimum atomic E-state index is -3.77. The zero-order valence-electron chi connectivity index (χ0n) is 11.0. The number of benzene rings is 1. The van der Waals surface area contributed by atoms with Gasteiger partial charge in [0.2, 0.25) is 10.0 Å². The summed E-state index contributed by atoms with van der Waals surface area (Å²) in [6, 6.07) is 3.56. The summed E-state index contributed by atoms with van der Waals surface area (Å²) >= 11 is 5.92. The zero-order chi connectivity index (χ0) is 14.9. The molecule has 0 unspecified atom stereocenters. The lowest BCUT2D eigenvalue weighted by molar-refractivity contribution is -0.255. The minimum absolute atomic E-state index is 0.0215. The molecular weight excluding hydrogens is 302 g/mol. The Balaban J connectivity index is 2.43. The molecule has 0 aliphatic carbocycles. The van der Waals surface area contributed by atoms with Crippen LogP contribution in [-0.2, 0) is 10.0 Å². The van der Waals surface area contributed by atoms with E-state index in [1.54, 1.807) is 0 Å². The highest BCUT2D eigenvalue weighted by Crippen LogP contribution is 2.28. The zero-order valence-corrected chi connectivity index (χ0v) is 12.6. The number of carbonyl (C=O) groups is 1. The van der Waals surface area contributed by atoms with Crippen LogP contribution in [-0.4, -0.2) is 31.8 Å².